The maximum atomic E-state index is 6.88. The summed E-state index contributed by atoms with van der Waals surface area (Å²) >= 11 is 0. The minimum Gasteiger partial charge on any atom is -0.398 e. The van der Waals surface area contributed by atoms with Crippen molar-refractivity contribution >= 4 is 11.4 Å². The lowest BCUT2D eigenvalue weighted by Crippen LogP contribution is -2.30. The number of fused-ring (bicyclic) bond motifs is 3. The van der Waals surface area contributed by atoms with Crippen molar-refractivity contribution in [2.24, 2.45) is 0 Å². The van der Waals surface area contributed by atoms with Crippen molar-refractivity contribution < 1.29 is 0 Å². The second-order valence-electron chi connectivity index (χ2n) is 11.4. The Kier molecular flexibility index (Phi) is 9.16. The smallest absolute Gasteiger partial charge is 0.0714 e. The van der Waals surface area contributed by atoms with Crippen LogP contribution >= 0.6 is 0 Å². The summed E-state index contributed by atoms with van der Waals surface area (Å²) in [6.45, 7) is 8.27. The van der Waals surface area contributed by atoms with Crippen molar-refractivity contribution in [3.05, 3.63) is 166 Å². The fourth-order valence-corrected chi connectivity index (χ4v) is 6.67. The van der Waals surface area contributed by atoms with Crippen LogP contribution < -0.4 is 11.5 Å². The van der Waals surface area contributed by atoms with Gasteiger partial charge in [0.05, 0.1) is 5.41 Å². The number of hydrogen-bond donors (Lipinski definition) is 2. The molecule has 0 radical (unpaired) electrons. The number of nitrogen functional groups attached to an aromatic ring is 2. The molecule has 43 heavy (non-hydrogen) atoms. The summed E-state index contributed by atoms with van der Waals surface area (Å²) < 4.78 is 0. The lowest BCUT2D eigenvalue weighted by molar-refractivity contribution is 0.762. The first-order valence-electron chi connectivity index (χ1n) is 15.5. The summed E-state index contributed by atoms with van der Waals surface area (Å²) in [5.41, 5.74) is 27.3. The highest BCUT2D eigenvalue weighted by molar-refractivity contribution is 5.87. The fraction of sp³-hybridized carbons (Fsp3) is 0.220. The Morgan fingerprint density at radius 1 is 0.488 bits per heavy atom. The number of nitrogens with two attached hydrogens (primary N) is 2. The zero-order valence-electron chi connectivity index (χ0n) is 26.0. The molecule has 4 N–H and O–H groups in total. The predicted octanol–water partition coefficient (Wildman–Crippen LogP) is 9.69. The third kappa shape index (κ3) is 5.39. The van der Waals surface area contributed by atoms with Crippen molar-refractivity contribution in [2.45, 2.75) is 58.8 Å². The predicted molar refractivity (Wildman–Crippen MR) is 187 cm³/mol. The summed E-state index contributed by atoms with van der Waals surface area (Å²) in [5.74, 6) is 0. The third-order valence-electron chi connectivity index (χ3n) is 8.81. The van der Waals surface area contributed by atoms with Crippen LogP contribution in [0.4, 0.5) is 11.4 Å². The monoisotopic (exact) mass is 564 g/mol. The molecule has 0 heterocycles. The molecule has 0 fully saturated rings. The second-order valence-corrected chi connectivity index (χ2v) is 11.4. The van der Waals surface area contributed by atoms with E-state index < -0.39 is 5.41 Å². The van der Waals surface area contributed by atoms with Gasteiger partial charge in [-0.25, -0.2) is 0 Å². The van der Waals surface area contributed by atoms with Gasteiger partial charge in [0, 0.05) is 11.4 Å². The topological polar surface area (TPSA) is 52.0 Å². The zero-order valence-corrected chi connectivity index (χ0v) is 26.0. The summed E-state index contributed by atoms with van der Waals surface area (Å²) in [4.78, 5) is 0. The van der Waals surface area contributed by atoms with E-state index in [-0.39, 0.29) is 0 Å². The molecule has 0 atom stereocenters. The molecule has 0 amide bonds. The summed E-state index contributed by atoms with van der Waals surface area (Å²) in [6.07, 6.45) is 20.4. The van der Waals surface area contributed by atoms with E-state index in [2.05, 4.69) is 149 Å². The van der Waals surface area contributed by atoms with Gasteiger partial charge in [0.2, 0.25) is 0 Å². The minimum atomic E-state index is -0.528. The second kappa shape index (κ2) is 13.2. The largest absolute Gasteiger partial charge is 0.398 e. The first kappa shape index (κ1) is 29.9. The third-order valence-corrected chi connectivity index (χ3v) is 8.81. The van der Waals surface area contributed by atoms with E-state index in [9.17, 15) is 0 Å². The Labute approximate surface area is 258 Å². The Morgan fingerprint density at radius 2 is 0.791 bits per heavy atom. The van der Waals surface area contributed by atoms with Crippen molar-refractivity contribution in [2.75, 3.05) is 11.5 Å². The van der Waals surface area contributed by atoms with Crippen LogP contribution in [-0.2, 0) is 31.1 Å². The van der Waals surface area contributed by atoms with Gasteiger partial charge in [-0.2, -0.15) is 0 Å². The minimum absolute atomic E-state index is 0.528. The highest BCUT2D eigenvalue weighted by Gasteiger charge is 2.46. The molecular weight excluding hydrogens is 520 g/mol. The number of hydrogen-bond acceptors (Lipinski definition) is 2. The first-order chi connectivity index (χ1) is 21.0. The van der Waals surface area contributed by atoms with Gasteiger partial charge in [0.15, 0.2) is 0 Å². The van der Waals surface area contributed by atoms with Gasteiger partial charge in [-0.05, 0) is 109 Å². The average Bonchev–Trinajstić information content (AvgIpc) is 3.34. The van der Waals surface area contributed by atoms with Crippen molar-refractivity contribution in [1.29, 1.82) is 0 Å². The molecule has 0 spiro atoms. The van der Waals surface area contributed by atoms with Crippen LogP contribution in [0.15, 0.2) is 121 Å². The Hall–Kier alpha value is -4.56. The molecule has 0 unspecified atom stereocenters. The van der Waals surface area contributed by atoms with Gasteiger partial charge in [-0.3, -0.25) is 0 Å². The molecule has 1 aliphatic carbocycles. The first-order valence-corrected chi connectivity index (χ1v) is 15.5. The summed E-state index contributed by atoms with van der Waals surface area (Å²) in [6, 6.07) is 27.3. The summed E-state index contributed by atoms with van der Waals surface area (Å²) in [7, 11) is 0. The molecule has 1 aliphatic rings. The molecule has 0 bridgehead atoms. The van der Waals surface area contributed by atoms with E-state index in [0.717, 1.165) is 59.3 Å². The van der Waals surface area contributed by atoms with Crippen LogP contribution in [-0.4, -0.2) is 0 Å². The maximum absolute atomic E-state index is 6.88. The molecule has 0 aliphatic heterocycles. The standard InChI is InChI=1S/C41H44N2/c1-5-9-17-29-25-33(26-30(39(29)42)18-10-6-2)41(37-23-15-13-21-35(37)36-22-14-16-24-38(36)41)34-27-31(19-11-7-3)40(43)32(28-34)20-12-8-4/h5-16,21-28H,17-20,42-43H2,1-4H3. The van der Waals surface area contributed by atoms with Gasteiger partial charge in [-0.1, -0.05) is 121 Å². The molecule has 2 nitrogen and oxygen atoms in total. The number of rotatable bonds is 10. The Bertz CT molecular complexity index is 1530. The molecule has 0 aromatic heterocycles. The van der Waals surface area contributed by atoms with Crippen molar-refractivity contribution in [3.8, 4) is 11.1 Å². The quantitative estimate of drug-likeness (QED) is 0.131. The van der Waals surface area contributed by atoms with Crippen molar-refractivity contribution in [1.82, 2.24) is 0 Å². The van der Waals surface area contributed by atoms with Gasteiger partial charge >= 0.3 is 0 Å². The van der Waals surface area contributed by atoms with Crippen LogP contribution in [0.25, 0.3) is 11.1 Å². The molecule has 4 aromatic carbocycles. The van der Waals surface area contributed by atoms with E-state index in [4.69, 9.17) is 11.5 Å². The van der Waals surface area contributed by atoms with Gasteiger partial charge < -0.3 is 11.5 Å². The fourth-order valence-electron chi connectivity index (χ4n) is 6.67. The number of anilines is 2. The van der Waals surface area contributed by atoms with Gasteiger partial charge in [0.25, 0.3) is 0 Å². The molecule has 218 valence electrons. The highest BCUT2D eigenvalue weighted by Crippen LogP contribution is 2.57. The molecular formula is C41H44N2. The molecule has 0 saturated heterocycles. The van der Waals surface area contributed by atoms with Crippen LogP contribution in [0.1, 0.15) is 72.2 Å². The van der Waals surface area contributed by atoms with Gasteiger partial charge in [0.1, 0.15) is 0 Å². The van der Waals surface area contributed by atoms with Gasteiger partial charge in [-0.15, -0.1) is 0 Å². The van der Waals surface area contributed by atoms with Crippen LogP contribution in [0.5, 0.6) is 0 Å². The zero-order chi connectivity index (χ0) is 30.4. The maximum Gasteiger partial charge on any atom is 0.0714 e. The van der Waals surface area contributed by atoms with Crippen molar-refractivity contribution in [3.63, 3.8) is 0 Å². The Morgan fingerprint density at radius 3 is 1.09 bits per heavy atom. The molecule has 2 heteroatoms. The summed E-state index contributed by atoms with van der Waals surface area (Å²) in [5, 5.41) is 0. The van der Waals surface area contributed by atoms with Crippen LogP contribution in [0.3, 0.4) is 0 Å². The van der Waals surface area contributed by atoms with Crippen LogP contribution in [0.2, 0.25) is 0 Å². The van der Waals surface area contributed by atoms with Crippen LogP contribution in [0, 0.1) is 0 Å². The van der Waals surface area contributed by atoms with E-state index >= 15 is 0 Å². The lowest BCUT2D eigenvalue weighted by atomic mass is 9.66. The molecule has 0 saturated carbocycles. The Balaban J connectivity index is 1.95. The molecule has 5 rings (SSSR count). The average molecular weight is 565 g/mol. The number of allylic oxidation sites excluding steroid dienone is 8. The normalized spacial score (nSPS) is 14.0. The molecule has 4 aromatic rings. The van der Waals surface area contributed by atoms with E-state index in [1.165, 1.54) is 33.4 Å². The van der Waals surface area contributed by atoms with E-state index in [1.54, 1.807) is 0 Å². The number of benzene rings is 4. The SMILES string of the molecule is CC=CCc1cc(C2(c3cc(CC=CC)c(N)c(CC=CC)c3)c3ccccc3-c3ccccc32)cc(CC=CC)c1N. The highest BCUT2D eigenvalue weighted by atomic mass is 14.6. The van der Waals surface area contributed by atoms with E-state index in [1.807, 2.05) is 0 Å². The van der Waals surface area contributed by atoms with E-state index in [0.29, 0.717) is 0 Å². The lowest BCUT2D eigenvalue weighted by Gasteiger charge is -2.36.